The largest absolute Gasteiger partial charge is 0.375 e. The van der Waals surface area contributed by atoms with E-state index in [2.05, 4.69) is 15.3 Å². The number of amides is 1. The van der Waals surface area contributed by atoms with Gasteiger partial charge in [-0.25, -0.2) is 9.67 Å². The molecule has 5 rings (SSSR count). The van der Waals surface area contributed by atoms with Crippen molar-refractivity contribution in [2.75, 3.05) is 19.0 Å². The van der Waals surface area contributed by atoms with E-state index in [4.69, 9.17) is 9.84 Å². The molecule has 4 aromatic rings. The van der Waals surface area contributed by atoms with E-state index in [0.29, 0.717) is 5.13 Å². The van der Waals surface area contributed by atoms with Crippen LogP contribution in [0.4, 0.5) is 5.13 Å². The van der Waals surface area contributed by atoms with Gasteiger partial charge in [0.25, 0.3) is 5.91 Å². The maximum atomic E-state index is 12.0. The van der Waals surface area contributed by atoms with Crippen molar-refractivity contribution in [2.45, 2.75) is 12.8 Å². The lowest BCUT2D eigenvalue weighted by molar-refractivity contribution is -0.119. The van der Waals surface area contributed by atoms with Gasteiger partial charge in [0.1, 0.15) is 6.61 Å². The first kappa shape index (κ1) is 18.7. The van der Waals surface area contributed by atoms with Crippen LogP contribution in [0.5, 0.6) is 0 Å². The monoisotopic (exact) mass is 417 g/mol. The highest BCUT2D eigenvalue weighted by Crippen LogP contribution is 2.43. The number of carbonyl (C=O) groups excluding carboxylic acids is 1. The van der Waals surface area contributed by atoms with Gasteiger partial charge in [0, 0.05) is 30.6 Å². The molecule has 0 spiro atoms. The zero-order valence-corrected chi connectivity index (χ0v) is 17.1. The average Bonchev–Trinajstić information content (AvgIpc) is 3.36. The van der Waals surface area contributed by atoms with Crippen LogP contribution in [-0.4, -0.2) is 39.4 Å². The molecule has 3 heterocycles. The molecule has 150 valence electrons. The number of anilines is 1. The number of carbonyl (C=O) groups is 1. The van der Waals surface area contributed by atoms with Gasteiger partial charge in [-0.2, -0.15) is 5.10 Å². The van der Waals surface area contributed by atoms with Crippen LogP contribution in [0, 0.1) is 0 Å². The van der Waals surface area contributed by atoms with Gasteiger partial charge in [-0.15, -0.1) is 0 Å². The Kier molecular flexibility index (Phi) is 4.86. The highest BCUT2D eigenvalue weighted by Gasteiger charge is 2.30. The third-order valence-electron chi connectivity index (χ3n) is 4.97. The van der Waals surface area contributed by atoms with Gasteiger partial charge < -0.3 is 4.74 Å². The van der Waals surface area contributed by atoms with Gasteiger partial charge in [-0.3, -0.25) is 15.1 Å². The summed E-state index contributed by atoms with van der Waals surface area (Å²) in [7, 11) is 1.50. The zero-order valence-electron chi connectivity index (χ0n) is 16.3. The van der Waals surface area contributed by atoms with Gasteiger partial charge in [-0.05, 0) is 37.1 Å². The molecule has 30 heavy (non-hydrogen) atoms. The van der Waals surface area contributed by atoms with Crippen LogP contribution >= 0.6 is 11.3 Å². The van der Waals surface area contributed by atoms with Gasteiger partial charge in [0.15, 0.2) is 5.13 Å². The first-order valence-electron chi connectivity index (χ1n) is 9.61. The molecule has 0 saturated heterocycles. The molecule has 0 atom stereocenters. The van der Waals surface area contributed by atoms with E-state index in [-0.39, 0.29) is 12.5 Å². The summed E-state index contributed by atoms with van der Waals surface area (Å²) in [6.45, 7) is 0.00258. The minimum absolute atomic E-state index is 0.00258. The number of benzene rings is 1. The molecule has 3 aromatic heterocycles. The Morgan fingerprint density at radius 3 is 2.83 bits per heavy atom. The Balaban J connectivity index is 1.66. The molecule has 0 bridgehead atoms. The quantitative estimate of drug-likeness (QED) is 0.535. The summed E-state index contributed by atoms with van der Waals surface area (Å²) >= 11 is 1.47. The molecule has 1 aliphatic carbocycles. The van der Waals surface area contributed by atoms with E-state index in [0.717, 1.165) is 46.1 Å². The zero-order chi connectivity index (χ0) is 20.5. The van der Waals surface area contributed by atoms with Crippen molar-refractivity contribution in [1.82, 2.24) is 19.7 Å². The highest BCUT2D eigenvalue weighted by atomic mass is 32.1. The second-order valence-corrected chi connectivity index (χ2v) is 7.94. The number of thiazole rings is 1. The number of aryl methyl sites for hydroxylation is 1. The molecule has 1 N–H and O–H groups in total. The fraction of sp³-hybridized carbons (Fsp3) is 0.182. The van der Waals surface area contributed by atoms with E-state index in [1.165, 1.54) is 24.0 Å². The topological polar surface area (TPSA) is 81.9 Å². The molecular weight excluding hydrogens is 398 g/mol. The van der Waals surface area contributed by atoms with Crippen molar-refractivity contribution in [2.24, 2.45) is 0 Å². The van der Waals surface area contributed by atoms with E-state index in [1.807, 2.05) is 53.3 Å². The fourth-order valence-corrected chi connectivity index (χ4v) is 4.79. The normalized spacial score (nSPS) is 12.3. The molecular formula is C22H19N5O2S. The molecule has 1 amide bonds. The number of para-hydroxylation sites is 1. The average molecular weight is 417 g/mol. The predicted octanol–water partition coefficient (Wildman–Crippen LogP) is 3.74. The lowest BCUT2D eigenvalue weighted by Gasteiger charge is -2.14. The lowest BCUT2D eigenvalue weighted by Crippen LogP contribution is -2.16. The maximum absolute atomic E-state index is 12.0. The van der Waals surface area contributed by atoms with E-state index in [9.17, 15) is 4.79 Å². The van der Waals surface area contributed by atoms with Gasteiger partial charge in [0.05, 0.1) is 27.6 Å². The Morgan fingerprint density at radius 2 is 2.07 bits per heavy atom. The Hall–Kier alpha value is -3.36. The number of nitrogens with one attached hydrogen (secondary N) is 1. The Morgan fingerprint density at radius 1 is 1.20 bits per heavy atom. The second-order valence-electron chi connectivity index (χ2n) is 6.94. The fourth-order valence-electron chi connectivity index (χ4n) is 3.70. The van der Waals surface area contributed by atoms with E-state index < -0.39 is 0 Å². The Bertz CT molecular complexity index is 1200. The summed E-state index contributed by atoms with van der Waals surface area (Å²) in [5, 5.41) is 8.39. The highest BCUT2D eigenvalue weighted by molar-refractivity contribution is 7.19. The second kappa shape index (κ2) is 7.81. The SMILES string of the molecule is COCC(=O)Nc1nc2c(s1)-c1c(c(-c3cccnc3)nn1-c1ccccc1)CC2. The molecule has 7 nitrogen and oxygen atoms in total. The lowest BCUT2D eigenvalue weighted by atomic mass is 9.95. The molecule has 8 heteroatoms. The molecule has 1 aliphatic rings. The maximum Gasteiger partial charge on any atom is 0.252 e. The van der Waals surface area contributed by atoms with Crippen LogP contribution in [0.3, 0.4) is 0 Å². The van der Waals surface area contributed by atoms with Crippen LogP contribution in [-0.2, 0) is 22.4 Å². The van der Waals surface area contributed by atoms with Crippen LogP contribution in [0.15, 0.2) is 54.9 Å². The van der Waals surface area contributed by atoms with Crippen molar-refractivity contribution in [1.29, 1.82) is 0 Å². The number of rotatable bonds is 5. The standard InChI is InChI=1S/C22H19N5O2S/c1-29-13-18(28)25-22-24-17-10-9-16-19(14-6-5-11-23-12-14)26-27(20(16)21(17)30-22)15-7-3-2-4-8-15/h2-8,11-12H,9-10,13H2,1H3,(H,24,25,28). The number of nitrogens with zero attached hydrogens (tertiary/aromatic N) is 4. The predicted molar refractivity (Wildman–Crippen MR) is 116 cm³/mol. The smallest absolute Gasteiger partial charge is 0.252 e. The molecule has 0 radical (unpaired) electrons. The number of methoxy groups -OCH3 is 1. The minimum atomic E-state index is -0.212. The molecule has 0 saturated carbocycles. The minimum Gasteiger partial charge on any atom is -0.375 e. The van der Waals surface area contributed by atoms with Crippen LogP contribution in [0.25, 0.3) is 27.5 Å². The first-order chi connectivity index (χ1) is 14.7. The summed E-state index contributed by atoms with van der Waals surface area (Å²) in [5.41, 5.74) is 6.10. The van der Waals surface area contributed by atoms with Crippen LogP contribution in [0.2, 0.25) is 0 Å². The van der Waals surface area contributed by atoms with Gasteiger partial charge in [-0.1, -0.05) is 29.5 Å². The molecule has 0 unspecified atom stereocenters. The number of aromatic nitrogens is 4. The summed E-state index contributed by atoms with van der Waals surface area (Å²) in [5.74, 6) is -0.212. The van der Waals surface area contributed by atoms with Crippen molar-refractivity contribution >= 4 is 22.4 Å². The molecule has 0 aliphatic heterocycles. The third-order valence-corrected chi connectivity index (χ3v) is 5.99. The number of fused-ring (bicyclic) bond motifs is 3. The van der Waals surface area contributed by atoms with Gasteiger partial charge in [0.2, 0.25) is 0 Å². The van der Waals surface area contributed by atoms with Crippen molar-refractivity contribution in [3.63, 3.8) is 0 Å². The van der Waals surface area contributed by atoms with E-state index >= 15 is 0 Å². The molecule has 0 fully saturated rings. The number of hydrogen-bond donors (Lipinski definition) is 1. The van der Waals surface area contributed by atoms with Gasteiger partial charge >= 0.3 is 0 Å². The summed E-state index contributed by atoms with van der Waals surface area (Å²) in [4.78, 5) is 21.9. The van der Waals surface area contributed by atoms with Crippen molar-refractivity contribution < 1.29 is 9.53 Å². The van der Waals surface area contributed by atoms with Crippen LogP contribution in [0.1, 0.15) is 11.3 Å². The van der Waals surface area contributed by atoms with Crippen molar-refractivity contribution in [3.8, 4) is 27.5 Å². The summed E-state index contributed by atoms with van der Waals surface area (Å²) < 4.78 is 6.89. The summed E-state index contributed by atoms with van der Waals surface area (Å²) in [6, 6.07) is 14.0. The number of hydrogen-bond acceptors (Lipinski definition) is 6. The van der Waals surface area contributed by atoms with E-state index in [1.54, 1.807) is 6.20 Å². The van der Waals surface area contributed by atoms with Crippen LogP contribution < -0.4 is 5.32 Å². The first-order valence-corrected chi connectivity index (χ1v) is 10.4. The Labute approximate surface area is 177 Å². The summed E-state index contributed by atoms with van der Waals surface area (Å²) in [6.07, 6.45) is 5.23. The van der Waals surface area contributed by atoms with Crippen molar-refractivity contribution in [3.05, 3.63) is 66.1 Å². The molecule has 1 aromatic carbocycles. The third kappa shape index (κ3) is 3.30. The number of pyridine rings is 1. The number of ether oxygens (including phenoxy) is 1.